The van der Waals surface area contributed by atoms with E-state index in [0.717, 1.165) is 31.8 Å². The van der Waals surface area contributed by atoms with Crippen molar-refractivity contribution in [1.82, 2.24) is 0 Å². The number of carbonyl (C=O) groups excluding carboxylic acids is 1. The molecule has 0 saturated carbocycles. The highest BCUT2D eigenvalue weighted by atomic mass is 32.2. The molecule has 0 unspecified atom stereocenters. The smallest absolute Gasteiger partial charge is 0.129 e. The van der Waals surface area contributed by atoms with Gasteiger partial charge in [0.1, 0.15) is 5.78 Å². The predicted molar refractivity (Wildman–Crippen MR) is 47.0 cm³/mol. The molecule has 1 aliphatic heterocycles. The van der Waals surface area contributed by atoms with Crippen LogP contribution in [0.25, 0.3) is 0 Å². The Hall–Kier alpha value is -0.0200. The number of hydrogen-bond donors (Lipinski definition) is 0. The zero-order chi connectivity index (χ0) is 8.10. The minimum Gasteiger partial charge on any atom is -0.379 e. The normalized spacial score (nSPS) is 17.9. The van der Waals surface area contributed by atoms with Crippen molar-refractivity contribution in [3.63, 3.8) is 0 Å². The van der Waals surface area contributed by atoms with Crippen LogP contribution in [0.2, 0.25) is 0 Å². The third kappa shape index (κ3) is 3.77. The van der Waals surface area contributed by atoms with E-state index < -0.39 is 0 Å². The Bertz CT molecular complexity index is 132. The van der Waals surface area contributed by atoms with Gasteiger partial charge in [-0.25, -0.2) is 0 Å². The van der Waals surface area contributed by atoms with Gasteiger partial charge >= 0.3 is 0 Å². The first-order chi connectivity index (χ1) is 5.29. The van der Waals surface area contributed by atoms with Crippen LogP contribution in [0, 0.1) is 0 Å². The van der Waals surface area contributed by atoms with E-state index in [2.05, 4.69) is 0 Å². The SMILES string of the molecule is CC(=O)CCCSC1COC1. The van der Waals surface area contributed by atoms with Crippen LogP contribution in [0.5, 0.6) is 0 Å². The first kappa shape index (κ1) is 9.07. The Morgan fingerprint density at radius 1 is 1.64 bits per heavy atom. The molecule has 0 aromatic heterocycles. The van der Waals surface area contributed by atoms with Crippen LogP contribution < -0.4 is 0 Å². The van der Waals surface area contributed by atoms with Gasteiger partial charge < -0.3 is 9.53 Å². The average Bonchev–Trinajstić information content (AvgIpc) is 1.82. The predicted octanol–water partition coefficient (Wildman–Crippen LogP) is 1.49. The summed E-state index contributed by atoms with van der Waals surface area (Å²) in [7, 11) is 0. The number of Topliss-reactive ketones (excluding diaryl/α,β-unsaturated/α-hetero) is 1. The first-order valence-electron chi connectivity index (χ1n) is 3.98. The molecule has 0 aromatic rings. The summed E-state index contributed by atoms with van der Waals surface area (Å²) in [6.07, 6.45) is 1.76. The molecule has 0 spiro atoms. The van der Waals surface area contributed by atoms with Crippen LogP contribution in [-0.4, -0.2) is 30.0 Å². The zero-order valence-corrected chi connectivity index (χ0v) is 7.65. The summed E-state index contributed by atoms with van der Waals surface area (Å²) in [5, 5.41) is 0.710. The van der Waals surface area contributed by atoms with Gasteiger partial charge in [0.15, 0.2) is 0 Å². The van der Waals surface area contributed by atoms with E-state index in [1.54, 1.807) is 6.92 Å². The third-order valence-corrected chi connectivity index (χ3v) is 2.90. The molecule has 0 atom stereocenters. The topological polar surface area (TPSA) is 26.3 Å². The van der Waals surface area contributed by atoms with Crippen LogP contribution in [-0.2, 0) is 9.53 Å². The van der Waals surface area contributed by atoms with Gasteiger partial charge in [0.05, 0.1) is 18.5 Å². The van der Waals surface area contributed by atoms with Crippen molar-refractivity contribution in [3.05, 3.63) is 0 Å². The Labute approximate surface area is 71.7 Å². The molecule has 3 heteroatoms. The Morgan fingerprint density at radius 2 is 2.36 bits per heavy atom. The summed E-state index contributed by atoms with van der Waals surface area (Å²) in [5.74, 6) is 1.41. The highest BCUT2D eigenvalue weighted by Crippen LogP contribution is 2.19. The van der Waals surface area contributed by atoms with Crippen LogP contribution in [0.4, 0.5) is 0 Å². The molecular formula is C8H14O2S. The molecule has 11 heavy (non-hydrogen) atoms. The molecule has 1 saturated heterocycles. The Balaban J connectivity index is 1.83. The lowest BCUT2D eigenvalue weighted by Crippen LogP contribution is -2.30. The standard InChI is InChI=1S/C8H14O2S/c1-7(9)3-2-4-11-8-5-10-6-8/h8H,2-6H2,1H3. The van der Waals surface area contributed by atoms with E-state index in [-0.39, 0.29) is 0 Å². The van der Waals surface area contributed by atoms with Gasteiger partial charge in [-0.3, -0.25) is 0 Å². The van der Waals surface area contributed by atoms with Crippen LogP contribution >= 0.6 is 11.8 Å². The number of ether oxygens (including phenoxy) is 1. The summed E-state index contributed by atoms with van der Waals surface area (Å²) < 4.78 is 5.03. The lowest BCUT2D eigenvalue weighted by molar-refractivity contribution is -0.117. The monoisotopic (exact) mass is 174 g/mol. The van der Waals surface area contributed by atoms with E-state index in [1.165, 1.54) is 0 Å². The number of ketones is 1. The van der Waals surface area contributed by atoms with Gasteiger partial charge in [-0.15, -0.1) is 0 Å². The van der Waals surface area contributed by atoms with E-state index in [4.69, 9.17) is 4.74 Å². The molecule has 0 radical (unpaired) electrons. The number of rotatable bonds is 5. The molecule has 0 N–H and O–H groups in total. The third-order valence-electron chi connectivity index (χ3n) is 1.63. The maximum absolute atomic E-state index is 10.5. The lowest BCUT2D eigenvalue weighted by atomic mass is 10.3. The van der Waals surface area contributed by atoms with Crippen molar-refractivity contribution in [3.8, 4) is 0 Å². The second-order valence-corrected chi connectivity index (χ2v) is 4.24. The molecule has 0 aliphatic carbocycles. The summed E-state index contributed by atoms with van der Waals surface area (Å²) in [5.41, 5.74) is 0. The van der Waals surface area contributed by atoms with E-state index in [9.17, 15) is 4.79 Å². The van der Waals surface area contributed by atoms with Gasteiger partial charge in [0.25, 0.3) is 0 Å². The summed E-state index contributed by atoms with van der Waals surface area (Å²) >= 11 is 1.93. The van der Waals surface area contributed by atoms with Crippen molar-refractivity contribution in [1.29, 1.82) is 0 Å². The highest BCUT2D eigenvalue weighted by molar-refractivity contribution is 8.00. The molecule has 64 valence electrons. The van der Waals surface area contributed by atoms with Gasteiger partial charge in [-0.2, -0.15) is 11.8 Å². The van der Waals surface area contributed by atoms with Crippen LogP contribution in [0.3, 0.4) is 0 Å². The summed E-state index contributed by atoms with van der Waals surface area (Å²) in [6, 6.07) is 0. The maximum Gasteiger partial charge on any atom is 0.129 e. The number of hydrogen-bond acceptors (Lipinski definition) is 3. The molecule has 1 fully saturated rings. The molecule has 0 amide bonds. The molecule has 1 heterocycles. The summed E-state index contributed by atoms with van der Waals surface area (Å²) in [4.78, 5) is 10.5. The van der Waals surface area contributed by atoms with Gasteiger partial charge in [0.2, 0.25) is 0 Å². The van der Waals surface area contributed by atoms with Crippen molar-refractivity contribution >= 4 is 17.5 Å². The fraction of sp³-hybridized carbons (Fsp3) is 0.875. The van der Waals surface area contributed by atoms with E-state index >= 15 is 0 Å². The zero-order valence-electron chi connectivity index (χ0n) is 6.84. The van der Waals surface area contributed by atoms with Gasteiger partial charge in [-0.05, 0) is 19.1 Å². The van der Waals surface area contributed by atoms with Crippen molar-refractivity contribution < 1.29 is 9.53 Å². The minimum absolute atomic E-state index is 0.301. The fourth-order valence-electron chi connectivity index (χ4n) is 0.881. The van der Waals surface area contributed by atoms with Crippen LogP contribution in [0.15, 0.2) is 0 Å². The van der Waals surface area contributed by atoms with E-state index in [1.807, 2.05) is 11.8 Å². The van der Waals surface area contributed by atoms with Crippen molar-refractivity contribution in [2.24, 2.45) is 0 Å². The maximum atomic E-state index is 10.5. The fourth-order valence-corrected chi connectivity index (χ4v) is 1.91. The van der Waals surface area contributed by atoms with Gasteiger partial charge in [0, 0.05) is 6.42 Å². The molecule has 0 aromatic carbocycles. The highest BCUT2D eigenvalue weighted by Gasteiger charge is 2.17. The quantitative estimate of drug-likeness (QED) is 0.591. The van der Waals surface area contributed by atoms with E-state index in [0.29, 0.717) is 11.0 Å². The molecule has 1 aliphatic rings. The van der Waals surface area contributed by atoms with Gasteiger partial charge in [-0.1, -0.05) is 0 Å². The Morgan fingerprint density at radius 3 is 2.82 bits per heavy atom. The van der Waals surface area contributed by atoms with Crippen LogP contribution in [0.1, 0.15) is 19.8 Å². The average molecular weight is 174 g/mol. The molecule has 2 nitrogen and oxygen atoms in total. The van der Waals surface area contributed by atoms with Crippen molar-refractivity contribution in [2.45, 2.75) is 25.0 Å². The minimum atomic E-state index is 0.301. The first-order valence-corrected chi connectivity index (χ1v) is 5.02. The lowest BCUT2D eigenvalue weighted by Gasteiger charge is -2.24. The number of thioether (sulfide) groups is 1. The van der Waals surface area contributed by atoms with Crippen molar-refractivity contribution in [2.75, 3.05) is 19.0 Å². The number of carbonyl (C=O) groups is 1. The molecule has 0 bridgehead atoms. The Kier molecular flexibility index (Phi) is 3.94. The molecular weight excluding hydrogens is 160 g/mol. The largest absolute Gasteiger partial charge is 0.379 e. The second kappa shape index (κ2) is 4.78. The molecule has 1 rings (SSSR count). The second-order valence-electron chi connectivity index (χ2n) is 2.84. The summed E-state index contributed by atoms with van der Waals surface area (Å²) in [6.45, 7) is 3.46.